The molecule has 0 radical (unpaired) electrons. The van der Waals surface area contributed by atoms with Crippen molar-refractivity contribution in [2.45, 2.75) is 31.7 Å². The number of rotatable bonds is 5. The zero-order chi connectivity index (χ0) is 11.4. The number of nitrogens with zero attached hydrogens (tertiary/aromatic N) is 3. The maximum atomic E-state index is 5.45. The molecule has 0 unspecified atom stereocenters. The Morgan fingerprint density at radius 3 is 2.88 bits per heavy atom. The second kappa shape index (κ2) is 5.45. The van der Waals surface area contributed by atoms with Crippen molar-refractivity contribution in [3.63, 3.8) is 0 Å². The van der Waals surface area contributed by atoms with Crippen LogP contribution in [0.5, 0.6) is 0 Å². The molecule has 1 saturated carbocycles. The molecule has 0 aromatic carbocycles. The molecule has 0 bridgehead atoms. The Hall–Kier alpha value is -0.880. The van der Waals surface area contributed by atoms with E-state index in [1.807, 2.05) is 0 Å². The first-order valence-corrected chi connectivity index (χ1v) is 6.56. The maximum Gasteiger partial charge on any atom is 0.233 e. The van der Waals surface area contributed by atoms with Crippen LogP contribution >= 0.6 is 11.5 Å². The van der Waals surface area contributed by atoms with Crippen LogP contribution < -0.4 is 11.1 Å². The molecule has 1 aromatic heterocycles. The van der Waals surface area contributed by atoms with Gasteiger partial charge in [0.15, 0.2) is 0 Å². The number of nitrogens with two attached hydrogens (primary N) is 1. The fraction of sp³-hybridized carbons (Fsp3) is 0.800. The number of anilines is 2. The van der Waals surface area contributed by atoms with Gasteiger partial charge in [0.1, 0.15) is 0 Å². The average molecular weight is 241 g/mol. The van der Waals surface area contributed by atoms with Gasteiger partial charge in [-0.3, -0.25) is 0 Å². The summed E-state index contributed by atoms with van der Waals surface area (Å²) in [5, 5.41) is 4.06. The predicted octanol–water partition coefficient (Wildman–Crippen LogP) is 1.41. The van der Waals surface area contributed by atoms with Crippen molar-refractivity contribution < 1.29 is 0 Å². The molecule has 0 atom stereocenters. The number of likely N-dealkylation sites (N-methyl/N-ethyl adjacent to an activating group) is 1. The van der Waals surface area contributed by atoms with Crippen LogP contribution in [-0.4, -0.2) is 40.4 Å². The zero-order valence-corrected chi connectivity index (χ0v) is 10.5. The largest absolute Gasteiger partial charge is 0.367 e. The second-order valence-electron chi connectivity index (χ2n) is 4.30. The molecule has 0 saturated heterocycles. The lowest BCUT2D eigenvalue weighted by molar-refractivity contribution is 0.254. The van der Waals surface area contributed by atoms with E-state index in [-0.39, 0.29) is 0 Å². The van der Waals surface area contributed by atoms with E-state index in [9.17, 15) is 0 Å². The first-order chi connectivity index (χ1) is 7.75. The molecule has 1 aliphatic rings. The SMILES string of the molecule is CN(CCNc1nc(N)ns1)C1CCCC1. The number of hydrogen-bond acceptors (Lipinski definition) is 6. The van der Waals surface area contributed by atoms with Crippen molar-refractivity contribution in [3.8, 4) is 0 Å². The van der Waals surface area contributed by atoms with Crippen LogP contribution in [0.3, 0.4) is 0 Å². The van der Waals surface area contributed by atoms with Crippen molar-refractivity contribution >= 4 is 22.6 Å². The molecule has 3 N–H and O–H groups in total. The first kappa shape index (κ1) is 11.6. The van der Waals surface area contributed by atoms with E-state index in [0.717, 1.165) is 24.3 Å². The van der Waals surface area contributed by atoms with Crippen LogP contribution in [-0.2, 0) is 0 Å². The summed E-state index contributed by atoms with van der Waals surface area (Å²) < 4.78 is 3.92. The van der Waals surface area contributed by atoms with Crippen LogP contribution in [0.1, 0.15) is 25.7 Å². The quantitative estimate of drug-likeness (QED) is 0.816. The smallest absolute Gasteiger partial charge is 0.233 e. The lowest BCUT2D eigenvalue weighted by atomic mass is 10.2. The minimum atomic E-state index is 0.358. The minimum absolute atomic E-state index is 0.358. The van der Waals surface area contributed by atoms with Gasteiger partial charge in [0.2, 0.25) is 11.1 Å². The van der Waals surface area contributed by atoms with Crippen molar-refractivity contribution in [3.05, 3.63) is 0 Å². The monoisotopic (exact) mass is 241 g/mol. The summed E-state index contributed by atoms with van der Waals surface area (Å²) in [7, 11) is 2.20. The molecular formula is C10H19N5S. The van der Waals surface area contributed by atoms with E-state index in [1.54, 1.807) is 0 Å². The summed E-state index contributed by atoms with van der Waals surface area (Å²) in [6, 6.07) is 0.779. The van der Waals surface area contributed by atoms with Crippen LogP contribution in [0.2, 0.25) is 0 Å². The summed E-state index contributed by atoms with van der Waals surface area (Å²) >= 11 is 1.32. The van der Waals surface area contributed by atoms with Gasteiger partial charge in [-0.05, 0) is 19.9 Å². The molecule has 5 nitrogen and oxygen atoms in total. The van der Waals surface area contributed by atoms with Crippen molar-refractivity contribution in [2.75, 3.05) is 31.2 Å². The molecule has 0 aliphatic heterocycles. The molecule has 1 heterocycles. The predicted molar refractivity (Wildman–Crippen MR) is 67.7 cm³/mol. The van der Waals surface area contributed by atoms with Gasteiger partial charge in [-0.15, -0.1) is 0 Å². The molecule has 1 aliphatic carbocycles. The van der Waals surface area contributed by atoms with Crippen LogP contribution in [0.25, 0.3) is 0 Å². The van der Waals surface area contributed by atoms with Gasteiger partial charge in [-0.2, -0.15) is 9.36 Å². The van der Waals surface area contributed by atoms with E-state index < -0.39 is 0 Å². The van der Waals surface area contributed by atoms with Gasteiger partial charge in [0.05, 0.1) is 0 Å². The van der Waals surface area contributed by atoms with Crippen molar-refractivity contribution in [2.24, 2.45) is 0 Å². The molecule has 2 rings (SSSR count). The summed E-state index contributed by atoms with van der Waals surface area (Å²) in [5.74, 6) is 0.358. The fourth-order valence-corrected chi connectivity index (χ4v) is 2.70. The Kier molecular flexibility index (Phi) is 3.95. The molecule has 1 fully saturated rings. The molecule has 90 valence electrons. The Morgan fingerprint density at radius 1 is 1.50 bits per heavy atom. The zero-order valence-electron chi connectivity index (χ0n) is 9.65. The highest BCUT2D eigenvalue weighted by molar-refractivity contribution is 7.09. The summed E-state index contributed by atoms with van der Waals surface area (Å²) in [4.78, 5) is 6.50. The van der Waals surface area contributed by atoms with Crippen LogP contribution in [0.15, 0.2) is 0 Å². The average Bonchev–Trinajstić information content (AvgIpc) is 2.89. The third-order valence-electron chi connectivity index (χ3n) is 3.13. The molecular weight excluding hydrogens is 222 g/mol. The van der Waals surface area contributed by atoms with Gasteiger partial charge < -0.3 is 16.0 Å². The Balaban J connectivity index is 1.67. The highest BCUT2D eigenvalue weighted by Crippen LogP contribution is 2.22. The number of aromatic nitrogens is 2. The highest BCUT2D eigenvalue weighted by Gasteiger charge is 2.18. The van der Waals surface area contributed by atoms with Crippen LogP contribution in [0.4, 0.5) is 11.1 Å². The van der Waals surface area contributed by atoms with Gasteiger partial charge in [0.25, 0.3) is 0 Å². The third kappa shape index (κ3) is 3.05. The molecule has 16 heavy (non-hydrogen) atoms. The van der Waals surface area contributed by atoms with Gasteiger partial charge >= 0.3 is 0 Å². The molecule has 0 spiro atoms. The lowest BCUT2D eigenvalue weighted by Gasteiger charge is -2.23. The molecule has 6 heteroatoms. The lowest BCUT2D eigenvalue weighted by Crippen LogP contribution is -2.33. The molecule has 0 amide bonds. The first-order valence-electron chi connectivity index (χ1n) is 5.79. The topological polar surface area (TPSA) is 67.1 Å². The van der Waals surface area contributed by atoms with Crippen molar-refractivity contribution in [1.29, 1.82) is 0 Å². The minimum Gasteiger partial charge on any atom is -0.367 e. The van der Waals surface area contributed by atoms with Gasteiger partial charge in [-0.25, -0.2) is 0 Å². The van der Waals surface area contributed by atoms with Crippen LogP contribution in [0, 0.1) is 0 Å². The van der Waals surface area contributed by atoms with E-state index in [4.69, 9.17) is 5.73 Å². The second-order valence-corrected chi connectivity index (χ2v) is 5.06. The molecule has 1 aromatic rings. The Labute approximate surface area is 100 Å². The summed E-state index contributed by atoms with van der Waals surface area (Å²) in [6.07, 6.45) is 5.47. The van der Waals surface area contributed by atoms with Gasteiger partial charge in [-0.1, -0.05) is 12.8 Å². The standard InChI is InChI=1S/C10H19N5S/c1-15(8-4-2-3-5-8)7-6-12-10-13-9(11)14-16-10/h8H,2-7H2,1H3,(H3,11,12,13,14). The normalized spacial score (nSPS) is 17.1. The third-order valence-corrected chi connectivity index (χ3v) is 3.82. The van der Waals surface area contributed by atoms with E-state index in [1.165, 1.54) is 37.2 Å². The van der Waals surface area contributed by atoms with Crippen molar-refractivity contribution in [1.82, 2.24) is 14.3 Å². The maximum absolute atomic E-state index is 5.45. The summed E-state index contributed by atoms with van der Waals surface area (Å²) in [5.41, 5.74) is 5.45. The Morgan fingerprint density at radius 2 is 2.25 bits per heavy atom. The van der Waals surface area contributed by atoms with E-state index >= 15 is 0 Å². The van der Waals surface area contributed by atoms with E-state index in [0.29, 0.717) is 5.95 Å². The van der Waals surface area contributed by atoms with E-state index in [2.05, 4.69) is 26.6 Å². The number of hydrogen-bond donors (Lipinski definition) is 2. The fourth-order valence-electron chi connectivity index (χ4n) is 2.17. The number of nitrogen functional groups attached to an aromatic ring is 1. The van der Waals surface area contributed by atoms with Gasteiger partial charge in [0, 0.05) is 30.7 Å². The number of nitrogens with one attached hydrogen (secondary N) is 1. The highest BCUT2D eigenvalue weighted by atomic mass is 32.1. The summed E-state index contributed by atoms with van der Waals surface area (Å²) in [6.45, 7) is 1.95. The Bertz CT molecular complexity index is 321.